The molecule has 1 aromatic rings. The van der Waals surface area contributed by atoms with Crippen molar-refractivity contribution in [1.29, 1.82) is 0 Å². The molecule has 0 saturated carbocycles. The molecule has 0 aromatic heterocycles. The van der Waals surface area contributed by atoms with E-state index in [1.54, 1.807) is 30.3 Å². The molecule has 0 amide bonds. The van der Waals surface area contributed by atoms with E-state index in [4.69, 9.17) is 5.11 Å². The molecular formula is C11H12O5. The van der Waals surface area contributed by atoms with Crippen molar-refractivity contribution in [3.8, 4) is 0 Å². The van der Waals surface area contributed by atoms with Crippen LogP contribution in [0.5, 0.6) is 0 Å². The highest BCUT2D eigenvalue weighted by Gasteiger charge is 2.20. The molecule has 0 aliphatic carbocycles. The van der Waals surface area contributed by atoms with E-state index >= 15 is 0 Å². The zero-order valence-corrected chi connectivity index (χ0v) is 8.75. The molecule has 86 valence electrons. The molecule has 0 radical (unpaired) electrons. The number of carbonyl (C=O) groups excluding carboxylic acids is 1. The van der Waals surface area contributed by atoms with Gasteiger partial charge in [0.05, 0.1) is 13.5 Å². The number of carbonyl (C=O) groups is 2. The lowest BCUT2D eigenvalue weighted by atomic mass is 10.1. The molecule has 1 unspecified atom stereocenters. The van der Waals surface area contributed by atoms with Crippen LogP contribution in [0.3, 0.4) is 0 Å². The van der Waals surface area contributed by atoms with Gasteiger partial charge in [0, 0.05) is 0 Å². The summed E-state index contributed by atoms with van der Waals surface area (Å²) in [7, 11) is 1.24. The van der Waals surface area contributed by atoms with Gasteiger partial charge in [0.1, 0.15) is 6.10 Å². The van der Waals surface area contributed by atoms with Gasteiger partial charge in [-0.25, -0.2) is 4.79 Å². The third-order valence-corrected chi connectivity index (χ3v) is 1.99. The van der Waals surface area contributed by atoms with E-state index in [1.807, 2.05) is 0 Å². The van der Waals surface area contributed by atoms with Crippen LogP contribution in [-0.2, 0) is 14.3 Å². The number of ether oxygens (including phenoxy) is 2. The van der Waals surface area contributed by atoms with Crippen molar-refractivity contribution in [1.82, 2.24) is 0 Å². The lowest BCUT2D eigenvalue weighted by molar-refractivity contribution is -0.143. The number of hydrogen-bond acceptors (Lipinski definition) is 4. The molecule has 0 spiro atoms. The minimum atomic E-state index is -1.42. The van der Waals surface area contributed by atoms with Crippen LogP contribution in [0.25, 0.3) is 0 Å². The first-order valence-corrected chi connectivity index (χ1v) is 4.65. The van der Waals surface area contributed by atoms with Crippen LogP contribution < -0.4 is 0 Å². The molecule has 1 atom stereocenters. The fourth-order valence-electron chi connectivity index (χ4n) is 1.25. The highest BCUT2D eigenvalue weighted by Crippen LogP contribution is 2.21. The Morgan fingerprint density at radius 2 is 1.94 bits per heavy atom. The SMILES string of the molecule is COC(=O)CC(OC(=O)O)c1ccccc1. The number of esters is 1. The Morgan fingerprint density at radius 3 is 2.44 bits per heavy atom. The van der Waals surface area contributed by atoms with Crippen molar-refractivity contribution in [2.24, 2.45) is 0 Å². The van der Waals surface area contributed by atoms with Crippen molar-refractivity contribution in [3.63, 3.8) is 0 Å². The Hall–Kier alpha value is -2.04. The Labute approximate surface area is 92.6 Å². The monoisotopic (exact) mass is 224 g/mol. The van der Waals surface area contributed by atoms with Crippen LogP contribution in [-0.4, -0.2) is 24.3 Å². The molecule has 0 fully saturated rings. The fraction of sp³-hybridized carbons (Fsp3) is 0.273. The highest BCUT2D eigenvalue weighted by atomic mass is 16.7. The predicted molar refractivity (Wildman–Crippen MR) is 54.9 cm³/mol. The second-order valence-electron chi connectivity index (χ2n) is 3.06. The van der Waals surface area contributed by atoms with Crippen LogP contribution in [0.4, 0.5) is 4.79 Å². The minimum absolute atomic E-state index is 0.132. The van der Waals surface area contributed by atoms with Gasteiger partial charge in [0.25, 0.3) is 0 Å². The van der Waals surface area contributed by atoms with Gasteiger partial charge < -0.3 is 14.6 Å². The van der Waals surface area contributed by atoms with Gasteiger partial charge in [0.15, 0.2) is 0 Å². The standard InChI is InChI=1S/C11H12O5/c1-15-10(12)7-9(16-11(13)14)8-5-3-2-4-6-8/h2-6,9H,7H2,1H3,(H,13,14). The van der Waals surface area contributed by atoms with Gasteiger partial charge >= 0.3 is 12.1 Å². The maximum atomic E-state index is 11.1. The summed E-state index contributed by atoms with van der Waals surface area (Å²) in [6, 6.07) is 8.65. The van der Waals surface area contributed by atoms with Crippen molar-refractivity contribution in [3.05, 3.63) is 35.9 Å². The summed E-state index contributed by atoms with van der Waals surface area (Å²) >= 11 is 0. The fourth-order valence-corrected chi connectivity index (χ4v) is 1.25. The van der Waals surface area contributed by atoms with Gasteiger partial charge in [0.2, 0.25) is 0 Å². The first kappa shape index (κ1) is 12.0. The normalized spacial score (nSPS) is 11.6. The van der Waals surface area contributed by atoms with Gasteiger partial charge in [-0.2, -0.15) is 0 Å². The van der Waals surface area contributed by atoms with E-state index < -0.39 is 18.2 Å². The number of benzene rings is 1. The molecule has 0 heterocycles. The van der Waals surface area contributed by atoms with Crippen LogP contribution in [0.2, 0.25) is 0 Å². The first-order chi connectivity index (χ1) is 7.63. The Bertz CT molecular complexity index is 360. The third kappa shape index (κ3) is 3.61. The Balaban J connectivity index is 2.79. The van der Waals surface area contributed by atoms with Crippen LogP contribution in [0.15, 0.2) is 30.3 Å². The van der Waals surface area contributed by atoms with Crippen molar-refractivity contribution in [2.45, 2.75) is 12.5 Å². The molecule has 1 N–H and O–H groups in total. The van der Waals surface area contributed by atoms with E-state index in [2.05, 4.69) is 9.47 Å². The van der Waals surface area contributed by atoms with E-state index in [1.165, 1.54) is 7.11 Å². The quantitative estimate of drug-likeness (QED) is 0.791. The molecule has 0 aliphatic rings. The van der Waals surface area contributed by atoms with Crippen molar-refractivity contribution in [2.75, 3.05) is 7.11 Å². The lowest BCUT2D eigenvalue weighted by Crippen LogP contribution is -2.14. The van der Waals surface area contributed by atoms with Crippen LogP contribution >= 0.6 is 0 Å². The maximum absolute atomic E-state index is 11.1. The van der Waals surface area contributed by atoms with Crippen LogP contribution in [0, 0.1) is 0 Å². The second kappa shape index (κ2) is 5.75. The van der Waals surface area contributed by atoms with E-state index in [-0.39, 0.29) is 6.42 Å². The molecular weight excluding hydrogens is 212 g/mol. The molecule has 16 heavy (non-hydrogen) atoms. The molecule has 1 aromatic carbocycles. The van der Waals surface area contributed by atoms with E-state index in [9.17, 15) is 9.59 Å². The number of rotatable bonds is 4. The van der Waals surface area contributed by atoms with Crippen molar-refractivity contribution >= 4 is 12.1 Å². The number of carboxylic acid groups (broad SMARTS) is 1. The maximum Gasteiger partial charge on any atom is 0.506 e. The Kier molecular flexibility index (Phi) is 4.32. The van der Waals surface area contributed by atoms with Gasteiger partial charge in [-0.15, -0.1) is 0 Å². The Morgan fingerprint density at radius 1 is 1.31 bits per heavy atom. The van der Waals surface area contributed by atoms with Gasteiger partial charge in [-0.3, -0.25) is 4.79 Å². The average molecular weight is 224 g/mol. The smallest absolute Gasteiger partial charge is 0.469 e. The molecule has 0 bridgehead atoms. The minimum Gasteiger partial charge on any atom is -0.469 e. The van der Waals surface area contributed by atoms with Crippen molar-refractivity contribution < 1.29 is 24.2 Å². The topological polar surface area (TPSA) is 72.8 Å². The first-order valence-electron chi connectivity index (χ1n) is 4.65. The summed E-state index contributed by atoms with van der Waals surface area (Å²) in [5.41, 5.74) is 0.621. The molecule has 5 heteroatoms. The second-order valence-corrected chi connectivity index (χ2v) is 3.06. The zero-order chi connectivity index (χ0) is 12.0. The third-order valence-electron chi connectivity index (χ3n) is 1.99. The van der Waals surface area contributed by atoms with E-state index in [0.29, 0.717) is 5.56 Å². The predicted octanol–water partition coefficient (Wildman–Crippen LogP) is 1.99. The van der Waals surface area contributed by atoms with E-state index in [0.717, 1.165) is 0 Å². The highest BCUT2D eigenvalue weighted by molar-refractivity contribution is 5.70. The molecule has 0 aliphatic heterocycles. The summed E-state index contributed by atoms with van der Waals surface area (Å²) in [6.07, 6.45) is -2.38. The summed E-state index contributed by atoms with van der Waals surface area (Å²) < 4.78 is 9.10. The van der Waals surface area contributed by atoms with Gasteiger partial charge in [-0.05, 0) is 5.56 Å². The largest absolute Gasteiger partial charge is 0.506 e. The summed E-state index contributed by atoms with van der Waals surface area (Å²) in [6.45, 7) is 0. The van der Waals surface area contributed by atoms with Crippen LogP contribution in [0.1, 0.15) is 18.1 Å². The zero-order valence-electron chi connectivity index (χ0n) is 8.75. The van der Waals surface area contributed by atoms with Gasteiger partial charge in [-0.1, -0.05) is 30.3 Å². The summed E-state index contributed by atoms with van der Waals surface area (Å²) in [4.78, 5) is 21.6. The summed E-state index contributed by atoms with van der Waals surface area (Å²) in [5, 5.41) is 8.56. The molecule has 1 rings (SSSR count). The number of methoxy groups -OCH3 is 1. The summed E-state index contributed by atoms with van der Waals surface area (Å²) in [5.74, 6) is -0.518. The molecule has 0 saturated heterocycles. The average Bonchev–Trinajstić information content (AvgIpc) is 2.28. The lowest BCUT2D eigenvalue weighted by Gasteiger charge is -2.14. The molecule has 5 nitrogen and oxygen atoms in total. The number of hydrogen-bond donors (Lipinski definition) is 1.